The van der Waals surface area contributed by atoms with Crippen LogP contribution in [0.1, 0.15) is 19.6 Å². The second kappa shape index (κ2) is 5.17. The average molecular weight is 353 g/mol. The first-order valence-electron chi connectivity index (χ1n) is 5.89. The minimum Gasteiger partial charge on any atom is -0.452 e. The van der Waals surface area contributed by atoms with E-state index in [0.717, 1.165) is 0 Å². The van der Waals surface area contributed by atoms with Gasteiger partial charge in [-0.25, -0.2) is 8.42 Å². The van der Waals surface area contributed by atoms with Crippen molar-refractivity contribution in [3.63, 3.8) is 0 Å². The van der Waals surface area contributed by atoms with E-state index >= 15 is 0 Å². The van der Waals surface area contributed by atoms with Crippen LogP contribution in [0.5, 0.6) is 0 Å². The zero-order chi connectivity index (χ0) is 14.3. The first-order valence-corrected chi connectivity index (χ1v) is 8.12. The van der Waals surface area contributed by atoms with Crippen molar-refractivity contribution in [1.29, 1.82) is 0 Å². The van der Waals surface area contributed by atoms with Gasteiger partial charge in [0.25, 0.3) is 0 Å². The lowest BCUT2D eigenvalue weighted by Crippen LogP contribution is -2.50. The van der Waals surface area contributed by atoms with E-state index in [1.807, 2.05) is 13.8 Å². The van der Waals surface area contributed by atoms with Crippen LogP contribution < -0.4 is 5.73 Å². The van der Waals surface area contributed by atoms with Gasteiger partial charge in [0.15, 0.2) is 4.67 Å². The number of morpholine rings is 1. The summed E-state index contributed by atoms with van der Waals surface area (Å²) in [5, 5.41) is 0. The minimum absolute atomic E-state index is 0.116. The lowest BCUT2D eigenvalue weighted by molar-refractivity contribution is -0.0640. The van der Waals surface area contributed by atoms with Crippen molar-refractivity contribution < 1.29 is 17.6 Å². The topological polar surface area (TPSA) is 85.8 Å². The van der Waals surface area contributed by atoms with E-state index in [-0.39, 0.29) is 16.1 Å². The third kappa shape index (κ3) is 3.03. The predicted octanol–water partition coefficient (Wildman–Crippen LogP) is 1.30. The molecule has 1 aliphatic heterocycles. The molecule has 0 unspecified atom stereocenters. The molecule has 8 heteroatoms. The third-order valence-corrected chi connectivity index (χ3v) is 5.62. The van der Waals surface area contributed by atoms with Crippen molar-refractivity contribution in [3.05, 3.63) is 16.5 Å². The lowest BCUT2D eigenvalue weighted by atomic mass is 10.1. The number of ether oxygens (including phenoxy) is 1. The van der Waals surface area contributed by atoms with Gasteiger partial charge in [0.05, 0.1) is 18.8 Å². The monoisotopic (exact) mass is 352 g/mol. The van der Waals surface area contributed by atoms with Gasteiger partial charge in [-0.05, 0) is 29.8 Å². The van der Waals surface area contributed by atoms with E-state index in [9.17, 15) is 8.42 Å². The van der Waals surface area contributed by atoms with Gasteiger partial charge in [0, 0.05) is 19.2 Å². The van der Waals surface area contributed by atoms with Gasteiger partial charge in [-0.1, -0.05) is 0 Å². The van der Waals surface area contributed by atoms with Crippen molar-refractivity contribution in [3.8, 4) is 0 Å². The predicted molar refractivity (Wildman–Crippen MR) is 73.1 cm³/mol. The summed E-state index contributed by atoms with van der Waals surface area (Å²) in [6.07, 6.45) is 0. The molecule has 0 aliphatic carbocycles. The standard InChI is InChI=1S/C11H17BrN2O4S/c1-11(2)7-14(3-4-17-11)19(15,16)9-5-8(6-13)18-10(9)12/h5H,3-4,6-7,13H2,1-2H3. The summed E-state index contributed by atoms with van der Waals surface area (Å²) in [4.78, 5) is 0.116. The van der Waals surface area contributed by atoms with Gasteiger partial charge in [0.1, 0.15) is 10.7 Å². The number of furan rings is 1. The summed E-state index contributed by atoms with van der Waals surface area (Å²) in [7, 11) is -3.60. The highest BCUT2D eigenvalue weighted by Gasteiger charge is 2.36. The molecule has 2 heterocycles. The maximum atomic E-state index is 12.6. The molecule has 108 valence electrons. The van der Waals surface area contributed by atoms with E-state index in [4.69, 9.17) is 14.9 Å². The quantitative estimate of drug-likeness (QED) is 0.885. The Balaban J connectivity index is 2.34. The summed E-state index contributed by atoms with van der Waals surface area (Å²) in [6, 6.07) is 1.46. The number of rotatable bonds is 3. The molecular weight excluding hydrogens is 336 g/mol. The summed E-state index contributed by atoms with van der Waals surface area (Å²) in [5.74, 6) is 0.429. The molecule has 0 saturated carbocycles. The number of sulfonamides is 1. The minimum atomic E-state index is -3.60. The molecule has 1 saturated heterocycles. The van der Waals surface area contributed by atoms with E-state index in [0.29, 0.717) is 25.5 Å². The summed E-state index contributed by atoms with van der Waals surface area (Å²) in [6.45, 7) is 4.91. The normalized spacial score (nSPS) is 20.6. The molecule has 0 bridgehead atoms. The fraction of sp³-hybridized carbons (Fsp3) is 0.636. The van der Waals surface area contributed by atoms with Crippen molar-refractivity contribution in [1.82, 2.24) is 4.31 Å². The SMILES string of the molecule is CC1(C)CN(S(=O)(=O)c2cc(CN)oc2Br)CCO1. The van der Waals surface area contributed by atoms with Gasteiger partial charge in [-0.3, -0.25) is 0 Å². The maximum absolute atomic E-state index is 12.6. The fourth-order valence-corrected chi connectivity index (χ4v) is 4.53. The van der Waals surface area contributed by atoms with E-state index in [1.165, 1.54) is 10.4 Å². The number of nitrogens with zero attached hydrogens (tertiary/aromatic N) is 1. The molecule has 0 spiro atoms. The zero-order valence-electron chi connectivity index (χ0n) is 10.8. The van der Waals surface area contributed by atoms with Crippen molar-refractivity contribution in [2.75, 3.05) is 19.7 Å². The lowest BCUT2D eigenvalue weighted by Gasteiger charge is -2.37. The van der Waals surface area contributed by atoms with Crippen LogP contribution >= 0.6 is 15.9 Å². The van der Waals surface area contributed by atoms with Crippen LogP contribution in [-0.4, -0.2) is 38.0 Å². The Morgan fingerprint density at radius 3 is 2.74 bits per heavy atom. The van der Waals surface area contributed by atoms with Crippen molar-refractivity contribution in [2.24, 2.45) is 5.73 Å². The summed E-state index contributed by atoms with van der Waals surface area (Å²) in [5.41, 5.74) is 4.97. The first-order chi connectivity index (χ1) is 8.76. The molecule has 0 radical (unpaired) electrons. The van der Waals surface area contributed by atoms with Crippen molar-refractivity contribution >= 4 is 26.0 Å². The Morgan fingerprint density at radius 1 is 1.53 bits per heavy atom. The highest BCUT2D eigenvalue weighted by molar-refractivity contribution is 9.10. The molecule has 0 amide bonds. The van der Waals surface area contributed by atoms with Crippen LogP contribution in [0.3, 0.4) is 0 Å². The second-order valence-corrected chi connectivity index (χ2v) is 7.63. The maximum Gasteiger partial charge on any atom is 0.247 e. The van der Waals surface area contributed by atoms with Crippen LogP contribution in [0.15, 0.2) is 20.0 Å². The zero-order valence-corrected chi connectivity index (χ0v) is 13.3. The number of hydrogen-bond acceptors (Lipinski definition) is 5. The van der Waals surface area contributed by atoms with Crippen LogP contribution in [0, 0.1) is 0 Å². The Labute approximate surface area is 121 Å². The van der Waals surface area contributed by atoms with E-state index in [1.54, 1.807) is 0 Å². The van der Waals surface area contributed by atoms with Gasteiger partial charge in [-0.15, -0.1) is 0 Å². The number of nitrogens with two attached hydrogens (primary N) is 1. The van der Waals surface area contributed by atoms with Gasteiger partial charge in [-0.2, -0.15) is 4.31 Å². The molecule has 1 aliphatic rings. The highest BCUT2D eigenvalue weighted by Crippen LogP contribution is 2.30. The van der Waals surface area contributed by atoms with Crippen LogP contribution in [0.4, 0.5) is 0 Å². The Morgan fingerprint density at radius 2 is 2.21 bits per heavy atom. The Hall–Kier alpha value is -0.410. The van der Waals surface area contributed by atoms with Gasteiger partial charge in [0.2, 0.25) is 10.0 Å². The molecule has 0 atom stereocenters. The fourth-order valence-electron chi connectivity index (χ4n) is 1.99. The second-order valence-electron chi connectivity index (χ2n) is 5.00. The average Bonchev–Trinajstić information content (AvgIpc) is 2.70. The number of halogens is 1. The van der Waals surface area contributed by atoms with E-state index in [2.05, 4.69) is 15.9 Å². The highest BCUT2D eigenvalue weighted by atomic mass is 79.9. The molecule has 19 heavy (non-hydrogen) atoms. The largest absolute Gasteiger partial charge is 0.452 e. The summed E-state index contributed by atoms with van der Waals surface area (Å²) < 4.78 is 37.5. The first kappa shape index (κ1) is 15.0. The van der Waals surface area contributed by atoms with Crippen molar-refractivity contribution in [2.45, 2.75) is 30.9 Å². The molecule has 2 rings (SSSR count). The smallest absolute Gasteiger partial charge is 0.247 e. The van der Waals surface area contributed by atoms with Crippen LogP contribution in [0.25, 0.3) is 0 Å². The third-order valence-electron chi connectivity index (χ3n) is 2.92. The molecule has 1 aromatic heterocycles. The Kier molecular flexibility index (Phi) is 4.08. The number of hydrogen-bond donors (Lipinski definition) is 1. The molecular formula is C11H17BrN2O4S. The molecule has 6 nitrogen and oxygen atoms in total. The van der Waals surface area contributed by atoms with Gasteiger partial charge >= 0.3 is 0 Å². The molecule has 1 aromatic rings. The molecule has 1 fully saturated rings. The summed E-state index contributed by atoms with van der Waals surface area (Å²) >= 11 is 3.13. The Bertz CT molecular complexity index is 567. The van der Waals surface area contributed by atoms with Gasteiger partial charge < -0.3 is 14.9 Å². The molecule has 0 aromatic carbocycles. The van der Waals surface area contributed by atoms with E-state index < -0.39 is 15.6 Å². The van der Waals surface area contributed by atoms with Crippen LogP contribution in [0.2, 0.25) is 0 Å². The van der Waals surface area contributed by atoms with Crippen LogP contribution in [-0.2, 0) is 21.3 Å². The molecule has 2 N–H and O–H groups in total.